The smallest absolute Gasteiger partial charge is 0.315 e. The zero-order valence-electron chi connectivity index (χ0n) is 8.77. The van der Waals surface area contributed by atoms with Gasteiger partial charge in [-0.1, -0.05) is 6.92 Å². The Hall–Kier alpha value is -1.47. The Labute approximate surface area is 96.7 Å². The van der Waals surface area contributed by atoms with Crippen LogP contribution < -0.4 is 10.6 Å². The molecule has 3 N–H and O–H groups in total. The molecule has 0 bridgehead atoms. The summed E-state index contributed by atoms with van der Waals surface area (Å²) in [4.78, 5) is 26.5. The van der Waals surface area contributed by atoms with Crippen molar-refractivity contribution in [3.05, 3.63) is 11.6 Å². The maximum atomic E-state index is 11.3. The number of hydrogen-bond acceptors (Lipinski definition) is 5. The molecule has 0 aromatic carbocycles. The van der Waals surface area contributed by atoms with Gasteiger partial charge < -0.3 is 10.4 Å². The van der Waals surface area contributed by atoms with Gasteiger partial charge in [-0.2, -0.15) is 0 Å². The van der Waals surface area contributed by atoms with Gasteiger partial charge in [0.25, 0.3) is 0 Å². The number of nitrogens with zero attached hydrogens (tertiary/aromatic N) is 1. The average molecular weight is 243 g/mol. The predicted molar refractivity (Wildman–Crippen MR) is 60.1 cm³/mol. The summed E-state index contributed by atoms with van der Waals surface area (Å²) in [5.74, 6) is -1.54. The largest absolute Gasteiger partial charge is 0.394 e. The Balaban J connectivity index is 2.45. The monoisotopic (exact) mass is 243 g/mol. The van der Waals surface area contributed by atoms with Gasteiger partial charge in [0.05, 0.1) is 12.6 Å². The van der Waals surface area contributed by atoms with Gasteiger partial charge in [0.15, 0.2) is 5.13 Å². The third-order valence-electron chi connectivity index (χ3n) is 1.91. The minimum Gasteiger partial charge on any atom is -0.394 e. The molecule has 1 heterocycles. The highest BCUT2D eigenvalue weighted by Crippen LogP contribution is 2.09. The van der Waals surface area contributed by atoms with E-state index >= 15 is 0 Å². The number of carbonyl (C=O) groups excluding carboxylic acids is 2. The number of aromatic nitrogens is 1. The van der Waals surface area contributed by atoms with Crippen molar-refractivity contribution in [3.8, 4) is 0 Å². The van der Waals surface area contributed by atoms with Gasteiger partial charge in [0.2, 0.25) is 0 Å². The number of carbonyl (C=O) groups is 2. The molecule has 88 valence electrons. The number of thiazole rings is 1. The molecular formula is C9H13N3O3S. The number of aliphatic hydroxyl groups excluding tert-OH is 1. The first-order chi connectivity index (χ1) is 7.67. The number of anilines is 1. The number of hydrogen-bond donors (Lipinski definition) is 3. The second-order valence-electron chi connectivity index (χ2n) is 3.05. The second-order valence-corrected chi connectivity index (χ2v) is 3.95. The maximum absolute atomic E-state index is 11.3. The van der Waals surface area contributed by atoms with E-state index in [-0.39, 0.29) is 6.61 Å². The average Bonchev–Trinajstić information content (AvgIpc) is 2.78. The van der Waals surface area contributed by atoms with E-state index < -0.39 is 17.9 Å². The molecule has 16 heavy (non-hydrogen) atoms. The van der Waals surface area contributed by atoms with E-state index in [0.717, 1.165) is 0 Å². The fourth-order valence-electron chi connectivity index (χ4n) is 0.967. The molecule has 0 aliphatic heterocycles. The molecule has 1 aromatic rings. The molecule has 0 radical (unpaired) electrons. The topological polar surface area (TPSA) is 91.3 Å². The minimum atomic E-state index is -0.776. The van der Waals surface area contributed by atoms with Crippen molar-refractivity contribution in [1.82, 2.24) is 10.3 Å². The van der Waals surface area contributed by atoms with E-state index in [9.17, 15) is 9.59 Å². The van der Waals surface area contributed by atoms with Crippen LogP contribution in [-0.2, 0) is 9.59 Å². The number of rotatable bonds is 4. The highest BCUT2D eigenvalue weighted by Gasteiger charge is 2.17. The molecule has 0 spiro atoms. The molecule has 1 atom stereocenters. The summed E-state index contributed by atoms with van der Waals surface area (Å²) < 4.78 is 0. The predicted octanol–water partition coefficient (Wildman–Crippen LogP) is -0.0313. The lowest BCUT2D eigenvalue weighted by molar-refractivity contribution is -0.136. The van der Waals surface area contributed by atoms with Crippen molar-refractivity contribution in [1.29, 1.82) is 0 Å². The standard InChI is InChI=1S/C9H13N3O3S/c1-2-6(5-13)11-7(14)8(15)12-9-10-3-4-16-9/h3-4,6,13H,2,5H2,1H3,(H,11,14)(H,10,12,15)/t6-/m1/s1. The summed E-state index contributed by atoms with van der Waals surface area (Å²) in [5.41, 5.74) is 0. The van der Waals surface area contributed by atoms with E-state index in [4.69, 9.17) is 5.11 Å². The van der Waals surface area contributed by atoms with Crippen LogP contribution in [0.5, 0.6) is 0 Å². The Kier molecular flexibility index (Phi) is 4.87. The molecule has 0 aliphatic rings. The van der Waals surface area contributed by atoms with Crippen molar-refractivity contribution in [2.24, 2.45) is 0 Å². The molecule has 7 heteroatoms. The van der Waals surface area contributed by atoms with Gasteiger partial charge in [-0.05, 0) is 6.42 Å². The SMILES string of the molecule is CC[C@H](CO)NC(=O)C(=O)Nc1nccs1. The van der Waals surface area contributed by atoms with Crippen LogP contribution in [0.3, 0.4) is 0 Å². The molecule has 2 amide bonds. The lowest BCUT2D eigenvalue weighted by Crippen LogP contribution is -2.43. The first-order valence-corrected chi connectivity index (χ1v) is 5.67. The van der Waals surface area contributed by atoms with E-state index in [0.29, 0.717) is 11.6 Å². The molecule has 1 aromatic heterocycles. The third-order valence-corrected chi connectivity index (χ3v) is 2.60. The normalized spacial score (nSPS) is 11.9. The van der Waals surface area contributed by atoms with Crippen LogP contribution in [0.25, 0.3) is 0 Å². The second kappa shape index (κ2) is 6.19. The van der Waals surface area contributed by atoms with Gasteiger partial charge in [-0.25, -0.2) is 4.98 Å². The van der Waals surface area contributed by atoms with E-state index in [1.807, 2.05) is 0 Å². The molecule has 1 rings (SSSR count). The first-order valence-electron chi connectivity index (χ1n) is 4.79. The third kappa shape index (κ3) is 3.59. The Bertz CT molecular complexity index is 349. The summed E-state index contributed by atoms with van der Waals surface area (Å²) in [5, 5.41) is 15.7. The Morgan fingerprint density at radius 3 is 2.81 bits per heavy atom. The molecule has 0 fully saturated rings. The quantitative estimate of drug-likeness (QED) is 0.647. The van der Waals surface area contributed by atoms with Gasteiger partial charge in [0, 0.05) is 11.6 Å². The first kappa shape index (κ1) is 12.6. The molecule has 0 unspecified atom stereocenters. The molecule has 0 saturated heterocycles. The Morgan fingerprint density at radius 1 is 1.56 bits per heavy atom. The summed E-state index contributed by atoms with van der Waals surface area (Å²) in [6.07, 6.45) is 2.09. The highest BCUT2D eigenvalue weighted by atomic mass is 32.1. The van der Waals surface area contributed by atoms with Crippen molar-refractivity contribution in [2.75, 3.05) is 11.9 Å². The van der Waals surface area contributed by atoms with Gasteiger partial charge in [-0.15, -0.1) is 11.3 Å². The van der Waals surface area contributed by atoms with Gasteiger partial charge in [-0.3, -0.25) is 14.9 Å². The highest BCUT2D eigenvalue weighted by molar-refractivity contribution is 7.13. The van der Waals surface area contributed by atoms with E-state index in [2.05, 4.69) is 15.6 Å². The van der Waals surface area contributed by atoms with Crippen LogP contribution in [-0.4, -0.2) is 34.6 Å². The summed E-state index contributed by atoms with van der Waals surface area (Å²) in [6, 6.07) is -0.394. The number of nitrogens with one attached hydrogen (secondary N) is 2. The van der Waals surface area contributed by atoms with Crippen LogP contribution >= 0.6 is 11.3 Å². The molecule has 0 saturated carbocycles. The van der Waals surface area contributed by atoms with Crippen molar-refractivity contribution >= 4 is 28.3 Å². The lowest BCUT2D eigenvalue weighted by Gasteiger charge is -2.12. The number of aliphatic hydroxyl groups is 1. The van der Waals surface area contributed by atoms with Crippen LogP contribution in [0.4, 0.5) is 5.13 Å². The lowest BCUT2D eigenvalue weighted by atomic mass is 10.2. The van der Waals surface area contributed by atoms with Crippen LogP contribution in [0, 0.1) is 0 Å². The minimum absolute atomic E-state index is 0.188. The van der Waals surface area contributed by atoms with Crippen molar-refractivity contribution in [2.45, 2.75) is 19.4 Å². The summed E-state index contributed by atoms with van der Waals surface area (Å²) in [6.45, 7) is 1.62. The molecular weight excluding hydrogens is 230 g/mol. The number of amides is 2. The van der Waals surface area contributed by atoms with E-state index in [1.165, 1.54) is 17.5 Å². The van der Waals surface area contributed by atoms with Crippen LogP contribution in [0.15, 0.2) is 11.6 Å². The summed E-state index contributed by atoms with van der Waals surface area (Å²) >= 11 is 1.23. The van der Waals surface area contributed by atoms with Gasteiger partial charge >= 0.3 is 11.8 Å². The molecule has 6 nitrogen and oxygen atoms in total. The Morgan fingerprint density at radius 2 is 2.31 bits per heavy atom. The van der Waals surface area contributed by atoms with E-state index in [1.54, 1.807) is 12.3 Å². The zero-order valence-corrected chi connectivity index (χ0v) is 9.58. The fourth-order valence-corrected chi connectivity index (χ4v) is 1.49. The van der Waals surface area contributed by atoms with Crippen LogP contribution in [0.2, 0.25) is 0 Å². The van der Waals surface area contributed by atoms with Crippen LogP contribution in [0.1, 0.15) is 13.3 Å². The maximum Gasteiger partial charge on any atom is 0.315 e. The summed E-state index contributed by atoms with van der Waals surface area (Å²) in [7, 11) is 0. The van der Waals surface area contributed by atoms with Gasteiger partial charge in [0.1, 0.15) is 0 Å². The van der Waals surface area contributed by atoms with Crippen molar-refractivity contribution in [3.63, 3.8) is 0 Å². The zero-order chi connectivity index (χ0) is 12.0. The fraction of sp³-hybridized carbons (Fsp3) is 0.444. The molecule has 0 aliphatic carbocycles. The van der Waals surface area contributed by atoms with Crippen molar-refractivity contribution < 1.29 is 14.7 Å².